The lowest BCUT2D eigenvalue weighted by Gasteiger charge is -2.19. The van der Waals surface area contributed by atoms with Crippen molar-refractivity contribution in [1.82, 2.24) is 40.9 Å². The summed E-state index contributed by atoms with van der Waals surface area (Å²) in [5.74, 6) is 3.94. The van der Waals surface area contributed by atoms with Crippen LogP contribution in [-0.2, 0) is 101 Å². The van der Waals surface area contributed by atoms with Gasteiger partial charge in [-0.15, -0.1) is 5.10 Å². The lowest BCUT2D eigenvalue weighted by atomic mass is 9.97. The van der Waals surface area contributed by atoms with E-state index in [2.05, 4.69) is 53.4 Å². The third-order valence-corrected chi connectivity index (χ3v) is 11.7. The van der Waals surface area contributed by atoms with Gasteiger partial charge in [0, 0.05) is 43.7 Å². The van der Waals surface area contributed by atoms with Crippen molar-refractivity contribution in [3.05, 3.63) is 59.7 Å². The molecule has 4 amide bonds. The fourth-order valence-corrected chi connectivity index (χ4v) is 7.00. The Kier molecular flexibility index (Phi) is 36.5. The zero-order chi connectivity index (χ0) is 59.5. The number of anilines is 1. The Labute approximate surface area is 480 Å². The van der Waals surface area contributed by atoms with Crippen LogP contribution in [0, 0.1) is 17.3 Å². The van der Waals surface area contributed by atoms with Crippen molar-refractivity contribution in [3.63, 3.8) is 0 Å². The molecule has 458 valence electrons. The first-order valence-corrected chi connectivity index (χ1v) is 29.1. The van der Waals surface area contributed by atoms with Gasteiger partial charge in [0.2, 0.25) is 38.6 Å². The first kappa shape index (κ1) is 70.2. The smallest absolute Gasteiger partial charge is 0.311 e. The molecule has 82 heavy (non-hydrogen) atoms. The first-order chi connectivity index (χ1) is 39.5. The largest absolute Gasteiger partial charge is 0.460 e. The molecule has 2 heterocycles. The van der Waals surface area contributed by atoms with E-state index in [0.29, 0.717) is 168 Å². The van der Waals surface area contributed by atoms with E-state index in [9.17, 15) is 32.4 Å². The third kappa shape index (κ3) is 35.0. The van der Waals surface area contributed by atoms with Crippen LogP contribution < -0.4 is 27.0 Å². The summed E-state index contributed by atoms with van der Waals surface area (Å²) in [4.78, 5) is 69.8. The van der Waals surface area contributed by atoms with Crippen LogP contribution in [-0.4, -0.2) is 207 Å². The zero-order valence-corrected chi connectivity index (χ0v) is 48.6. The van der Waals surface area contributed by atoms with Crippen molar-refractivity contribution in [1.29, 1.82) is 0 Å². The molecule has 6 N–H and O–H groups in total. The van der Waals surface area contributed by atoms with Crippen molar-refractivity contribution in [3.8, 4) is 11.8 Å². The lowest BCUT2D eigenvalue weighted by Crippen LogP contribution is -2.45. The molecule has 1 aromatic carbocycles. The average Bonchev–Trinajstić information content (AvgIpc) is 3.91. The molecule has 0 aliphatic heterocycles. The molecule has 28 heteroatoms. The van der Waals surface area contributed by atoms with Crippen LogP contribution in [0.3, 0.4) is 0 Å². The molecule has 2 aromatic heterocycles. The molecule has 0 aliphatic rings. The van der Waals surface area contributed by atoms with Crippen LogP contribution in [0.5, 0.6) is 0 Å². The van der Waals surface area contributed by atoms with E-state index in [1.54, 1.807) is 55.9 Å². The number of unbranched alkanes of at least 4 members (excludes halogenated alkanes) is 2. The summed E-state index contributed by atoms with van der Waals surface area (Å²) >= 11 is 0. The standard InChI is InChI=1S/C54H84N10O17S/c1-54(2,3)52(69)81-40-43-13-15-45(16-14-43)60-51(68)47(11-8-9-17-55)61-50(67)42-80-41-49(66)56-18-20-72-22-24-74-26-28-76-30-32-78-34-35-79-33-31-77-29-27-75-25-23-73-21-19-64-39-46(62-63-64)38-57-48(65)12-7-5-6-10-44-36-58-53(59-37-44)82(4,70)71/h13-16,36-37,39,47H,5,7-9,11-12,17-35,38,40-42,55H2,1-4H3,(H,56,66)(H,57,65)(H,60,68)(H,61,67)/t47-/m0/s1. The number of amides is 4. The van der Waals surface area contributed by atoms with Gasteiger partial charge in [-0.25, -0.2) is 23.1 Å². The second-order valence-corrected chi connectivity index (χ2v) is 21.0. The quantitative estimate of drug-likeness (QED) is 0.0227. The summed E-state index contributed by atoms with van der Waals surface area (Å²) in [5, 5.41) is 18.8. The summed E-state index contributed by atoms with van der Waals surface area (Å²) in [6.07, 6.45) is 8.44. The summed E-state index contributed by atoms with van der Waals surface area (Å²) in [6.45, 7) is 12.4. The van der Waals surface area contributed by atoms with Crippen molar-refractivity contribution in [2.24, 2.45) is 11.1 Å². The minimum absolute atomic E-state index is 0.105. The highest BCUT2D eigenvalue weighted by atomic mass is 32.2. The molecule has 0 spiro atoms. The molecule has 0 saturated heterocycles. The van der Waals surface area contributed by atoms with E-state index in [1.807, 2.05) is 0 Å². The molecule has 3 rings (SSSR count). The maximum atomic E-state index is 13.1. The number of ether oxygens (including phenoxy) is 10. The predicted molar refractivity (Wildman–Crippen MR) is 297 cm³/mol. The van der Waals surface area contributed by atoms with Crippen molar-refractivity contribution >= 4 is 45.1 Å². The van der Waals surface area contributed by atoms with E-state index in [4.69, 9.17) is 53.1 Å². The first-order valence-electron chi connectivity index (χ1n) is 27.2. The topological polar surface area (TPSA) is 342 Å². The fraction of sp³-hybridized carbons (Fsp3) is 0.648. The molecule has 0 unspecified atom stereocenters. The van der Waals surface area contributed by atoms with Crippen LogP contribution >= 0.6 is 0 Å². The molecule has 3 aromatic rings. The third-order valence-electron chi connectivity index (χ3n) is 10.9. The van der Waals surface area contributed by atoms with Crippen LogP contribution in [0.2, 0.25) is 0 Å². The number of nitrogens with one attached hydrogen (secondary N) is 4. The summed E-state index contributed by atoms with van der Waals surface area (Å²) < 4.78 is 79.3. The Morgan fingerprint density at radius 2 is 1.23 bits per heavy atom. The van der Waals surface area contributed by atoms with Crippen LogP contribution in [0.4, 0.5) is 5.69 Å². The maximum Gasteiger partial charge on any atom is 0.311 e. The number of hydrogen-bond donors (Lipinski definition) is 5. The highest BCUT2D eigenvalue weighted by molar-refractivity contribution is 7.90. The highest BCUT2D eigenvalue weighted by Crippen LogP contribution is 2.18. The Hall–Kier alpha value is -6.10. The molecule has 0 fully saturated rings. The van der Waals surface area contributed by atoms with E-state index >= 15 is 0 Å². The van der Waals surface area contributed by atoms with Gasteiger partial charge in [0.15, 0.2) is 0 Å². The van der Waals surface area contributed by atoms with Gasteiger partial charge < -0.3 is 74.4 Å². The van der Waals surface area contributed by atoms with E-state index in [0.717, 1.165) is 11.8 Å². The van der Waals surface area contributed by atoms with Gasteiger partial charge in [0.25, 0.3) is 0 Å². The fourth-order valence-electron chi connectivity index (χ4n) is 6.51. The predicted octanol–water partition coefficient (Wildman–Crippen LogP) is 0.917. The van der Waals surface area contributed by atoms with Gasteiger partial charge in [-0.1, -0.05) is 29.2 Å². The number of carbonyl (C=O) groups is 5. The minimum atomic E-state index is -3.47. The van der Waals surface area contributed by atoms with Crippen LogP contribution in [0.15, 0.2) is 48.0 Å². The number of carbonyl (C=O) groups excluding carboxylic acids is 5. The van der Waals surface area contributed by atoms with Crippen LogP contribution in [0.25, 0.3) is 0 Å². The zero-order valence-electron chi connectivity index (χ0n) is 47.8. The normalized spacial score (nSPS) is 11.8. The van der Waals surface area contributed by atoms with Crippen molar-refractivity contribution in [2.45, 2.75) is 90.2 Å². The molecule has 0 saturated carbocycles. The molecule has 0 bridgehead atoms. The van der Waals surface area contributed by atoms with E-state index in [1.165, 1.54) is 12.4 Å². The van der Waals surface area contributed by atoms with Crippen LogP contribution in [0.1, 0.15) is 76.1 Å². The van der Waals surface area contributed by atoms with Gasteiger partial charge in [0.1, 0.15) is 31.6 Å². The second-order valence-electron chi connectivity index (χ2n) is 19.1. The van der Waals surface area contributed by atoms with Gasteiger partial charge in [-0.3, -0.25) is 24.0 Å². The number of benzene rings is 1. The molecular formula is C54H84N10O17S. The summed E-state index contributed by atoms with van der Waals surface area (Å²) in [5.41, 5.74) is 7.39. The Morgan fingerprint density at radius 1 is 0.683 bits per heavy atom. The van der Waals surface area contributed by atoms with Crippen molar-refractivity contribution in [2.75, 3.05) is 144 Å². The number of aromatic nitrogens is 5. The van der Waals surface area contributed by atoms with Gasteiger partial charge in [0.05, 0.1) is 136 Å². The molecule has 0 aliphatic carbocycles. The number of sulfone groups is 1. The van der Waals surface area contributed by atoms with Gasteiger partial charge >= 0.3 is 5.97 Å². The Bertz CT molecular complexity index is 2450. The Balaban J connectivity index is 1.02. The minimum Gasteiger partial charge on any atom is -0.460 e. The van der Waals surface area contributed by atoms with E-state index < -0.39 is 45.6 Å². The maximum absolute atomic E-state index is 13.1. The van der Waals surface area contributed by atoms with Gasteiger partial charge in [-0.05, 0) is 70.7 Å². The molecular weight excluding hydrogens is 1090 g/mol. The summed E-state index contributed by atoms with van der Waals surface area (Å²) in [6, 6.07) is 6.00. The van der Waals surface area contributed by atoms with Crippen molar-refractivity contribution < 1.29 is 79.8 Å². The molecule has 27 nitrogen and oxygen atoms in total. The lowest BCUT2D eigenvalue weighted by molar-refractivity contribution is -0.154. The van der Waals surface area contributed by atoms with Gasteiger partial charge in [-0.2, -0.15) is 0 Å². The number of rotatable bonds is 46. The number of nitrogens with two attached hydrogens (primary N) is 1. The number of nitrogens with zero attached hydrogens (tertiary/aromatic N) is 5. The highest BCUT2D eigenvalue weighted by Gasteiger charge is 2.24. The molecule has 0 radical (unpaired) electrons. The second kappa shape index (κ2) is 42.7. The Morgan fingerprint density at radius 3 is 1.78 bits per heavy atom. The number of hydrogen-bond acceptors (Lipinski definition) is 22. The summed E-state index contributed by atoms with van der Waals surface area (Å²) in [7, 11) is -3.47. The van der Waals surface area contributed by atoms with E-state index in [-0.39, 0.29) is 49.9 Å². The molecule has 1 atom stereocenters. The monoisotopic (exact) mass is 1180 g/mol. The SMILES string of the molecule is CC(C)(C)C(=O)OCc1ccc(NC(=O)[C@H](CCCCN)NC(=O)COCC(=O)NCCOCCOCCOCCOCCOCCOCCOCCOCCn2cc(CNC(=O)CCCC#Cc3cnc(S(C)(=O)=O)nc3)nn2)cc1. The number of esters is 1. The average molecular weight is 1180 g/mol.